The molecule has 0 aromatic heterocycles. The summed E-state index contributed by atoms with van der Waals surface area (Å²) in [6.45, 7) is 0.913. The highest BCUT2D eigenvalue weighted by Crippen LogP contribution is 2.63. The first-order valence-electron chi connectivity index (χ1n) is 8.07. The van der Waals surface area contributed by atoms with Gasteiger partial charge in [0.2, 0.25) is 0 Å². The molecule has 4 atom stereocenters. The highest BCUT2D eigenvalue weighted by molar-refractivity contribution is 7.83. The predicted molar refractivity (Wildman–Crippen MR) is 90.8 cm³/mol. The molecule has 3 nitrogen and oxygen atoms in total. The summed E-state index contributed by atoms with van der Waals surface area (Å²) in [5, 5.41) is 4.45. The van der Waals surface area contributed by atoms with Crippen LogP contribution in [0.4, 0.5) is 5.69 Å². The fourth-order valence-corrected chi connectivity index (χ4v) is 5.57. The molecule has 0 radical (unpaired) electrons. The van der Waals surface area contributed by atoms with E-state index in [1.807, 2.05) is 12.1 Å². The van der Waals surface area contributed by atoms with Gasteiger partial charge < -0.3 is 10.1 Å². The fraction of sp³-hybridized carbons (Fsp3) is 0.647. The molecular formula is C17H22ClNO2S. The molecule has 5 heteroatoms. The molecule has 0 unspecified atom stereocenters. The van der Waals surface area contributed by atoms with Crippen molar-refractivity contribution in [1.82, 2.24) is 0 Å². The van der Waals surface area contributed by atoms with Gasteiger partial charge in [0, 0.05) is 57.5 Å². The molecule has 3 aliphatic rings. The number of ether oxygens (including phenoxy) is 1. The molecule has 1 spiro atoms. The van der Waals surface area contributed by atoms with E-state index in [0.717, 1.165) is 17.9 Å². The van der Waals surface area contributed by atoms with Gasteiger partial charge in [-0.15, -0.1) is 0 Å². The highest BCUT2D eigenvalue weighted by Gasteiger charge is 2.66. The number of rotatable bonds is 4. The van der Waals surface area contributed by atoms with E-state index in [1.54, 1.807) is 6.26 Å². The Hall–Kier alpha value is -0.580. The van der Waals surface area contributed by atoms with Crippen molar-refractivity contribution in [2.75, 3.05) is 18.2 Å². The molecule has 1 saturated heterocycles. The van der Waals surface area contributed by atoms with Gasteiger partial charge in [-0.05, 0) is 43.0 Å². The topological polar surface area (TPSA) is 38.3 Å². The lowest BCUT2D eigenvalue weighted by atomic mass is 9.46. The molecule has 22 heavy (non-hydrogen) atoms. The maximum Gasteiger partial charge on any atom is 0.0699 e. The minimum absolute atomic E-state index is 0.370. The maximum atomic E-state index is 11.5. The van der Waals surface area contributed by atoms with E-state index in [-0.39, 0.29) is 0 Å². The molecule has 0 amide bonds. The lowest BCUT2D eigenvalue weighted by Gasteiger charge is -2.63. The molecular weight excluding hydrogens is 318 g/mol. The van der Waals surface area contributed by atoms with Crippen molar-refractivity contribution in [3.63, 3.8) is 0 Å². The Balaban J connectivity index is 1.54. The molecule has 1 aliphatic heterocycles. The molecule has 3 fully saturated rings. The van der Waals surface area contributed by atoms with Crippen LogP contribution in [0.15, 0.2) is 18.2 Å². The average molecular weight is 340 g/mol. The Kier molecular flexibility index (Phi) is 3.74. The zero-order valence-corrected chi connectivity index (χ0v) is 14.4. The van der Waals surface area contributed by atoms with Crippen molar-refractivity contribution in [2.45, 2.75) is 43.6 Å². The van der Waals surface area contributed by atoms with Crippen molar-refractivity contribution in [3.05, 3.63) is 28.8 Å². The van der Waals surface area contributed by atoms with Gasteiger partial charge >= 0.3 is 0 Å². The Morgan fingerprint density at radius 3 is 2.95 bits per heavy atom. The van der Waals surface area contributed by atoms with Crippen LogP contribution >= 0.6 is 11.6 Å². The van der Waals surface area contributed by atoms with Gasteiger partial charge in [0.05, 0.1) is 6.10 Å². The molecule has 2 aliphatic carbocycles. The molecule has 1 aromatic carbocycles. The summed E-state index contributed by atoms with van der Waals surface area (Å²) in [5.41, 5.74) is 2.44. The third kappa shape index (κ3) is 2.22. The van der Waals surface area contributed by atoms with Gasteiger partial charge in [-0.1, -0.05) is 18.0 Å². The van der Waals surface area contributed by atoms with Gasteiger partial charge in [0.25, 0.3) is 0 Å². The molecule has 1 heterocycles. The number of hydrogen-bond acceptors (Lipinski definition) is 3. The van der Waals surface area contributed by atoms with Crippen molar-refractivity contribution >= 4 is 28.1 Å². The van der Waals surface area contributed by atoms with E-state index in [9.17, 15) is 4.21 Å². The van der Waals surface area contributed by atoms with Crippen molar-refractivity contribution < 1.29 is 8.95 Å². The normalized spacial score (nSPS) is 32.9. The quantitative estimate of drug-likeness (QED) is 0.911. The molecule has 1 aromatic rings. The van der Waals surface area contributed by atoms with E-state index < -0.39 is 10.8 Å². The Bertz CT molecular complexity index is 617. The van der Waals surface area contributed by atoms with E-state index in [2.05, 4.69) is 11.4 Å². The summed E-state index contributed by atoms with van der Waals surface area (Å²) in [7, 11) is -0.878. The lowest BCUT2D eigenvalue weighted by Crippen LogP contribution is -2.68. The zero-order chi connectivity index (χ0) is 15.3. The van der Waals surface area contributed by atoms with E-state index >= 15 is 0 Å². The second-order valence-corrected chi connectivity index (χ2v) is 8.82. The maximum absolute atomic E-state index is 11.5. The predicted octanol–water partition coefficient (Wildman–Crippen LogP) is 3.59. The van der Waals surface area contributed by atoms with Crippen LogP contribution in [0, 0.1) is 11.3 Å². The monoisotopic (exact) mass is 339 g/mol. The van der Waals surface area contributed by atoms with Crippen LogP contribution in [-0.4, -0.2) is 29.2 Å². The highest BCUT2D eigenvalue weighted by atomic mass is 35.5. The van der Waals surface area contributed by atoms with Crippen LogP contribution in [0.2, 0.25) is 5.02 Å². The molecule has 1 N–H and O–H groups in total. The van der Waals surface area contributed by atoms with Crippen LogP contribution in [0.5, 0.6) is 0 Å². The van der Waals surface area contributed by atoms with Gasteiger partial charge in [-0.2, -0.15) is 0 Å². The third-order valence-corrected chi connectivity index (χ3v) is 6.85. The van der Waals surface area contributed by atoms with Crippen LogP contribution < -0.4 is 5.32 Å². The SMILES string of the molecule is C[S@](=O)Cc1cc(N[C@@H]2[C@H]3CCO[C@H]3C23CCC3)ccc1Cl. The fourth-order valence-electron chi connectivity index (χ4n) is 4.63. The molecule has 4 rings (SSSR count). The summed E-state index contributed by atoms with van der Waals surface area (Å²) in [5.74, 6) is 1.17. The standard InChI is InChI=1S/C17H22ClNO2S/c1-22(20)10-11-9-12(3-4-14(11)18)19-15-13-5-8-21-16(13)17(15)6-2-7-17/h3-4,9,13,15-16,19H,2,5-8,10H2,1H3/t13-,15-,16-,22+/m1/s1. The van der Waals surface area contributed by atoms with E-state index in [0.29, 0.717) is 34.3 Å². The smallest absolute Gasteiger partial charge is 0.0699 e. The first-order valence-corrected chi connectivity index (χ1v) is 10.2. The zero-order valence-electron chi connectivity index (χ0n) is 12.8. The van der Waals surface area contributed by atoms with E-state index in [4.69, 9.17) is 16.3 Å². The lowest BCUT2D eigenvalue weighted by molar-refractivity contribution is -0.158. The minimum atomic E-state index is -0.878. The van der Waals surface area contributed by atoms with Crippen molar-refractivity contribution in [3.8, 4) is 0 Å². The second kappa shape index (κ2) is 5.50. The number of anilines is 1. The summed E-state index contributed by atoms with van der Waals surface area (Å²) in [6, 6.07) is 6.55. The van der Waals surface area contributed by atoms with E-state index in [1.165, 1.54) is 25.7 Å². The first kappa shape index (κ1) is 15.0. The summed E-state index contributed by atoms with van der Waals surface area (Å²) < 4.78 is 17.5. The number of nitrogens with one attached hydrogen (secondary N) is 1. The van der Waals surface area contributed by atoms with Crippen molar-refractivity contribution in [2.24, 2.45) is 11.3 Å². The van der Waals surface area contributed by atoms with Gasteiger partial charge in [0.1, 0.15) is 0 Å². The summed E-state index contributed by atoms with van der Waals surface area (Å²) in [6.07, 6.45) is 7.26. The molecule has 0 bridgehead atoms. The largest absolute Gasteiger partial charge is 0.381 e. The molecule has 120 valence electrons. The number of benzene rings is 1. The summed E-state index contributed by atoms with van der Waals surface area (Å²) in [4.78, 5) is 0. The van der Waals surface area contributed by atoms with Gasteiger partial charge in [-0.25, -0.2) is 0 Å². The van der Waals surface area contributed by atoms with Crippen LogP contribution in [0.3, 0.4) is 0 Å². The number of fused-ring (bicyclic) bond motifs is 2. The Morgan fingerprint density at radius 1 is 1.45 bits per heavy atom. The van der Waals surface area contributed by atoms with Gasteiger partial charge in [0.15, 0.2) is 0 Å². The first-order chi connectivity index (χ1) is 10.6. The Labute approximate surface area is 139 Å². The van der Waals surface area contributed by atoms with Gasteiger partial charge in [-0.3, -0.25) is 4.21 Å². The second-order valence-electron chi connectivity index (χ2n) is 6.98. The minimum Gasteiger partial charge on any atom is -0.381 e. The van der Waals surface area contributed by atoms with Crippen LogP contribution in [-0.2, 0) is 21.3 Å². The summed E-state index contributed by atoms with van der Waals surface area (Å²) >= 11 is 6.23. The number of halogens is 1. The molecule has 2 saturated carbocycles. The third-order valence-electron chi connectivity index (χ3n) is 5.76. The number of hydrogen-bond donors (Lipinski definition) is 1. The Morgan fingerprint density at radius 2 is 2.27 bits per heavy atom. The van der Waals surface area contributed by atoms with Crippen LogP contribution in [0.25, 0.3) is 0 Å². The van der Waals surface area contributed by atoms with Crippen molar-refractivity contribution in [1.29, 1.82) is 0 Å². The van der Waals surface area contributed by atoms with Crippen LogP contribution in [0.1, 0.15) is 31.2 Å². The average Bonchev–Trinajstić information content (AvgIpc) is 2.82.